The van der Waals surface area contributed by atoms with E-state index >= 15 is 0 Å². The Morgan fingerprint density at radius 2 is 2.17 bits per heavy atom. The first-order valence-corrected chi connectivity index (χ1v) is 3.68. The number of nitrogens with zero attached hydrogens (tertiary/aromatic N) is 1. The van der Waals surface area contributed by atoms with Crippen molar-refractivity contribution in [1.82, 2.24) is 10.2 Å². The number of hydrogen-bond acceptors (Lipinski definition) is 3. The van der Waals surface area contributed by atoms with Crippen LogP contribution >= 0.6 is 0 Å². The molecule has 4 nitrogen and oxygen atoms in total. The van der Waals surface area contributed by atoms with Gasteiger partial charge in [-0.1, -0.05) is 0 Å². The summed E-state index contributed by atoms with van der Waals surface area (Å²) >= 11 is 0. The summed E-state index contributed by atoms with van der Waals surface area (Å²) in [6.07, 6.45) is 1.69. The zero-order valence-electron chi connectivity index (χ0n) is 6.76. The molecule has 5 N–H and O–H groups in total. The minimum absolute atomic E-state index is 0.689. The number of nitrogens with one attached hydrogen (secondary N) is 1. The van der Waals surface area contributed by atoms with Crippen LogP contribution in [-0.2, 0) is 0 Å². The fourth-order valence-corrected chi connectivity index (χ4v) is 1.31. The molecule has 0 aliphatic carbocycles. The SMILES string of the molecule is Cc1cc(N)c2[nH]ncc2c1N. The van der Waals surface area contributed by atoms with Gasteiger partial charge >= 0.3 is 0 Å². The van der Waals surface area contributed by atoms with Crippen molar-refractivity contribution < 1.29 is 0 Å². The van der Waals surface area contributed by atoms with Crippen molar-refractivity contribution in [1.29, 1.82) is 0 Å². The fraction of sp³-hybridized carbons (Fsp3) is 0.125. The number of aromatic nitrogens is 2. The highest BCUT2D eigenvalue weighted by Gasteiger charge is 2.05. The lowest BCUT2D eigenvalue weighted by Crippen LogP contribution is -1.94. The number of anilines is 2. The van der Waals surface area contributed by atoms with Crippen molar-refractivity contribution in [3.63, 3.8) is 0 Å². The van der Waals surface area contributed by atoms with E-state index < -0.39 is 0 Å². The van der Waals surface area contributed by atoms with Crippen molar-refractivity contribution in [3.05, 3.63) is 17.8 Å². The predicted octanol–water partition coefficient (Wildman–Crippen LogP) is 1.04. The second kappa shape index (κ2) is 2.14. The summed E-state index contributed by atoms with van der Waals surface area (Å²) < 4.78 is 0. The van der Waals surface area contributed by atoms with Crippen molar-refractivity contribution in [2.45, 2.75) is 6.92 Å². The smallest absolute Gasteiger partial charge is 0.0900 e. The average molecular weight is 162 g/mol. The lowest BCUT2D eigenvalue weighted by molar-refractivity contribution is 1.12. The van der Waals surface area contributed by atoms with Crippen LogP contribution in [0, 0.1) is 6.92 Å². The molecule has 0 spiro atoms. The van der Waals surface area contributed by atoms with Gasteiger partial charge in [0.1, 0.15) is 0 Å². The standard InChI is InChI=1S/C8H10N4/c1-4-2-6(9)8-5(7(4)10)3-11-12-8/h2-3H,9-10H2,1H3,(H,11,12). The van der Waals surface area contributed by atoms with E-state index in [1.165, 1.54) is 0 Å². The molecule has 0 bridgehead atoms. The van der Waals surface area contributed by atoms with Crippen LogP contribution in [0.1, 0.15) is 5.56 Å². The number of nitrogens with two attached hydrogens (primary N) is 2. The molecule has 1 heterocycles. The number of aryl methyl sites for hydroxylation is 1. The monoisotopic (exact) mass is 162 g/mol. The van der Waals surface area contributed by atoms with Gasteiger partial charge in [0.2, 0.25) is 0 Å². The maximum Gasteiger partial charge on any atom is 0.0900 e. The molecule has 0 saturated carbocycles. The summed E-state index contributed by atoms with van der Waals surface area (Å²) in [5.41, 5.74) is 14.8. The van der Waals surface area contributed by atoms with E-state index in [4.69, 9.17) is 11.5 Å². The van der Waals surface area contributed by atoms with Gasteiger partial charge < -0.3 is 11.5 Å². The van der Waals surface area contributed by atoms with Gasteiger partial charge in [0.15, 0.2) is 0 Å². The molecule has 0 unspecified atom stereocenters. The highest BCUT2D eigenvalue weighted by molar-refractivity contribution is 5.98. The maximum absolute atomic E-state index is 5.82. The Morgan fingerprint density at radius 1 is 1.42 bits per heavy atom. The van der Waals surface area contributed by atoms with Crippen LogP contribution < -0.4 is 11.5 Å². The topological polar surface area (TPSA) is 80.7 Å². The molecule has 2 aromatic rings. The van der Waals surface area contributed by atoms with Crippen molar-refractivity contribution in [3.8, 4) is 0 Å². The first-order valence-electron chi connectivity index (χ1n) is 3.68. The third-order valence-corrected chi connectivity index (χ3v) is 2.02. The largest absolute Gasteiger partial charge is 0.398 e. The van der Waals surface area contributed by atoms with Crippen LogP contribution in [0.15, 0.2) is 12.3 Å². The molecule has 2 rings (SSSR count). The fourth-order valence-electron chi connectivity index (χ4n) is 1.31. The first-order chi connectivity index (χ1) is 5.70. The van der Waals surface area contributed by atoms with Crippen molar-refractivity contribution in [2.75, 3.05) is 11.5 Å². The summed E-state index contributed by atoms with van der Waals surface area (Å²) in [5.74, 6) is 0. The number of hydrogen-bond donors (Lipinski definition) is 3. The van der Waals surface area contributed by atoms with E-state index in [0.29, 0.717) is 5.69 Å². The molecular weight excluding hydrogens is 152 g/mol. The Hall–Kier alpha value is -1.71. The maximum atomic E-state index is 5.82. The molecule has 1 aromatic carbocycles. The van der Waals surface area contributed by atoms with Gasteiger partial charge in [-0.05, 0) is 18.6 Å². The molecule has 0 aliphatic rings. The number of rotatable bonds is 0. The molecule has 0 saturated heterocycles. The summed E-state index contributed by atoms with van der Waals surface area (Å²) in [5, 5.41) is 7.58. The molecular formula is C8H10N4. The third kappa shape index (κ3) is 0.747. The molecule has 1 aromatic heterocycles. The molecule has 0 atom stereocenters. The quantitative estimate of drug-likeness (QED) is 0.506. The van der Waals surface area contributed by atoms with Crippen LogP contribution in [0.3, 0.4) is 0 Å². The summed E-state index contributed by atoms with van der Waals surface area (Å²) in [6.45, 7) is 1.93. The molecule has 4 heteroatoms. The third-order valence-electron chi connectivity index (χ3n) is 2.02. The Bertz CT molecular complexity index is 430. The van der Waals surface area contributed by atoms with Crippen LogP contribution in [-0.4, -0.2) is 10.2 Å². The second-order valence-electron chi connectivity index (χ2n) is 2.86. The normalized spacial score (nSPS) is 10.8. The molecule has 0 fully saturated rings. The minimum Gasteiger partial charge on any atom is -0.398 e. The number of H-pyrrole nitrogens is 1. The van der Waals surface area contributed by atoms with Gasteiger partial charge in [-0.25, -0.2) is 0 Å². The van der Waals surface area contributed by atoms with Gasteiger partial charge in [0, 0.05) is 11.1 Å². The average Bonchev–Trinajstić information content (AvgIpc) is 2.48. The van der Waals surface area contributed by atoms with Gasteiger partial charge in [-0.15, -0.1) is 0 Å². The summed E-state index contributed by atoms with van der Waals surface area (Å²) in [6, 6.07) is 1.84. The second-order valence-corrected chi connectivity index (χ2v) is 2.86. The number of fused-ring (bicyclic) bond motifs is 1. The van der Waals surface area contributed by atoms with Crippen LogP contribution in [0.4, 0.5) is 11.4 Å². The van der Waals surface area contributed by atoms with E-state index in [0.717, 1.165) is 22.2 Å². The van der Waals surface area contributed by atoms with E-state index in [1.807, 2.05) is 13.0 Å². The van der Waals surface area contributed by atoms with Gasteiger partial charge in [-0.2, -0.15) is 5.10 Å². The highest BCUT2D eigenvalue weighted by Crippen LogP contribution is 2.27. The van der Waals surface area contributed by atoms with Crippen LogP contribution in [0.5, 0.6) is 0 Å². The van der Waals surface area contributed by atoms with E-state index in [2.05, 4.69) is 10.2 Å². The van der Waals surface area contributed by atoms with Gasteiger partial charge in [0.25, 0.3) is 0 Å². The lowest BCUT2D eigenvalue weighted by atomic mass is 10.1. The predicted molar refractivity (Wildman–Crippen MR) is 49.7 cm³/mol. The van der Waals surface area contributed by atoms with Crippen LogP contribution in [0.25, 0.3) is 10.9 Å². The zero-order valence-corrected chi connectivity index (χ0v) is 6.76. The summed E-state index contributed by atoms with van der Waals surface area (Å²) in [4.78, 5) is 0. The molecule has 0 radical (unpaired) electrons. The number of aromatic amines is 1. The minimum atomic E-state index is 0.689. The van der Waals surface area contributed by atoms with Crippen molar-refractivity contribution >= 4 is 22.3 Å². The van der Waals surface area contributed by atoms with Gasteiger partial charge in [0.05, 0.1) is 17.4 Å². The van der Waals surface area contributed by atoms with E-state index in [9.17, 15) is 0 Å². The van der Waals surface area contributed by atoms with Gasteiger partial charge in [-0.3, -0.25) is 5.10 Å². The molecule has 12 heavy (non-hydrogen) atoms. The molecule has 62 valence electrons. The Morgan fingerprint density at radius 3 is 2.92 bits per heavy atom. The van der Waals surface area contributed by atoms with Crippen LogP contribution in [0.2, 0.25) is 0 Å². The van der Waals surface area contributed by atoms with Crippen molar-refractivity contribution in [2.24, 2.45) is 0 Å². The Kier molecular flexibility index (Phi) is 1.24. The highest BCUT2D eigenvalue weighted by atomic mass is 15.1. The number of nitrogen functional groups attached to an aromatic ring is 2. The first kappa shape index (κ1) is 6.97. The Balaban J connectivity index is 2.97. The number of benzene rings is 1. The van der Waals surface area contributed by atoms with E-state index in [1.54, 1.807) is 6.20 Å². The summed E-state index contributed by atoms with van der Waals surface area (Å²) in [7, 11) is 0. The van der Waals surface area contributed by atoms with E-state index in [-0.39, 0.29) is 0 Å². The zero-order chi connectivity index (χ0) is 8.72. The molecule has 0 amide bonds. The lowest BCUT2D eigenvalue weighted by Gasteiger charge is -2.02. The molecule has 0 aliphatic heterocycles. The Labute approximate surface area is 69.6 Å².